The zero-order chi connectivity index (χ0) is 12.3. The summed E-state index contributed by atoms with van der Waals surface area (Å²) in [5.74, 6) is 0.118. The third-order valence-electron chi connectivity index (χ3n) is 2.41. The van der Waals surface area contributed by atoms with Crippen LogP contribution in [-0.2, 0) is 6.42 Å². The Kier molecular flexibility index (Phi) is 4.37. The Morgan fingerprint density at radius 1 is 1.35 bits per heavy atom. The minimum absolute atomic E-state index is 0.118. The lowest BCUT2D eigenvalue weighted by Crippen LogP contribution is -2.01. The van der Waals surface area contributed by atoms with Gasteiger partial charge in [0.1, 0.15) is 0 Å². The summed E-state index contributed by atoms with van der Waals surface area (Å²) in [4.78, 5) is 13.3. The summed E-state index contributed by atoms with van der Waals surface area (Å²) in [7, 11) is 0. The van der Waals surface area contributed by atoms with Crippen molar-refractivity contribution in [2.75, 3.05) is 0 Å². The average molecular weight is 330 g/mol. The van der Waals surface area contributed by atoms with Crippen LogP contribution in [0.3, 0.4) is 0 Å². The monoisotopic (exact) mass is 328 g/mol. The summed E-state index contributed by atoms with van der Waals surface area (Å²) >= 11 is 10.9. The van der Waals surface area contributed by atoms with E-state index >= 15 is 0 Å². The molecule has 0 unspecified atom stereocenters. The number of rotatable bonds is 4. The Labute approximate surface area is 118 Å². The fourth-order valence-electron chi connectivity index (χ4n) is 1.54. The Morgan fingerprint density at radius 2 is 2.18 bits per heavy atom. The second-order valence-corrected chi connectivity index (χ2v) is 5.95. The zero-order valence-electron chi connectivity index (χ0n) is 8.95. The first kappa shape index (κ1) is 12.8. The van der Waals surface area contributed by atoms with E-state index < -0.39 is 0 Å². The summed E-state index contributed by atoms with van der Waals surface area (Å²) in [6.45, 7) is 0. The van der Waals surface area contributed by atoms with Crippen molar-refractivity contribution in [2.45, 2.75) is 12.8 Å². The first-order valence-electron chi connectivity index (χ1n) is 5.17. The van der Waals surface area contributed by atoms with Gasteiger partial charge in [-0.15, -0.1) is 11.3 Å². The largest absolute Gasteiger partial charge is 0.294 e. The molecule has 0 amide bonds. The summed E-state index contributed by atoms with van der Waals surface area (Å²) in [5.41, 5.74) is 0.661. The van der Waals surface area contributed by atoms with E-state index in [9.17, 15) is 4.79 Å². The van der Waals surface area contributed by atoms with Crippen LogP contribution in [0.1, 0.15) is 21.7 Å². The zero-order valence-corrected chi connectivity index (χ0v) is 12.1. The highest BCUT2D eigenvalue weighted by molar-refractivity contribution is 9.10. The van der Waals surface area contributed by atoms with E-state index in [1.807, 2.05) is 17.5 Å². The van der Waals surface area contributed by atoms with Gasteiger partial charge < -0.3 is 0 Å². The molecule has 0 aliphatic heterocycles. The van der Waals surface area contributed by atoms with E-state index in [1.54, 1.807) is 29.5 Å². The van der Waals surface area contributed by atoms with Crippen molar-refractivity contribution in [1.82, 2.24) is 0 Å². The van der Waals surface area contributed by atoms with Gasteiger partial charge >= 0.3 is 0 Å². The molecule has 1 aromatic carbocycles. The van der Waals surface area contributed by atoms with Gasteiger partial charge in [0.05, 0.1) is 0 Å². The minimum Gasteiger partial charge on any atom is -0.294 e. The van der Waals surface area contributed by atoms with Crippen LogP contribution in [0.4, 0.5) is 0 Å². The molecule has 17 heavy (non-hydrogen) atoms. The van der Waals surface area contributed by atoms with Crippen LogP contribution >= 0.6 is 38.9 Å². The maximum atomic E-state index is 12.0. The SMILES string of the molecule is O=C(CCc1cccs1)c1cc(Cl)ccc1Br. The number of hydrogen-bond donors (Lipinski definition) is 0. The highest BCUT2D eigenvalue weighted by atomic mass is 79.9. The molecule has 4 heteroatoms. The maximum absolute atomic E-state index is 12.0. The number of aryl methyl sites for hydroxylation is 1. The molecule has 2 rings (SSSR count). The van der Waals surface area contributed by atoms with Crippen LogP contribution in [-0.4, -0.2) is 5.78 Å². The molecule has 0 N–H and O–H groups in total. The lowest BCUT2D eigenvalue weighted by Gasteiger charge is -2.03. The van der Waals surface area contributed by atoms with Crippen molar-refractivity contribution in [3.05, 3.63) is 55.6 Å². The van der Waals surface area contributed by atoms with E-state index in [0.29, 0.717) is 17.0 Å². The Morgan fingerprint density at radius 3 is 2.88 bits per heavy atom. The van der Waals surface area contributed by atoms with Crippen molar-refractivity contribution in [1.29, 1.82) is 0 Å². The first-order valence-corrected chi connectivity index (χ1v) is 7.22. The molecule has 0 atom stereocenters. The van der Waals surface area contributed by atoms with E-state index in [0.717, 1.165) is 10.9 Å². The first-order chi connectivity index (χ1) is 8.16. The van der Waals surface area contributed by atoms with Gasteiger partial charge in [-0.1, -0.05) is 33.6 Å². The summed E-state index contributed by atoms with van der Waals surface area (Å²) in [6, 6.07) is 9.33. The van der Waals surface area contributed by atoms with E-state index in [4.69, 9.17) is 11.6 Å². The summed E-state index contributed by atoms with van der Waals surface area (Å²) < 4.78 is 0.804. The van der Waals surface area contributed by atoms with Gasteiger partial charge in [-0.3, -0.25) is 4.79 Å². The number of thiophene rings is 1. The number of carbonyl (C=O) groups is 1. The molecular weight excluding hydrogens is 320 g/mol. The van der Waals surface area contributed by atoms with E-state index in [-0.39, 0.29) is 5.78 Å². The van der Waals surface area contributed by atoms with Crippen LogP contribution < -0.4 is 0 Å². The van der Waals surface area contributed by atoms with Gasteiger partial charge in [-0.2, -0.15) is 0 Å². The predicted octanol–water partition coefficient (Wildman–Crippen LogP) is 4.98. The molecule has 0 saturated carbocycles. The third-order valence-corrected chi connectivity index (χ3v) is 4.27. The highest BCUT2D eigenvalue weighted by Gasteiger charge is 2.11. The Bertz CT molecular complexity index is 522. The number of ketones is 1. The quantitative estimate of drug-likeness (QED) is 0.723. The topological polar surface area (TPSA) is 17.1 Å². The fraction of sp³-hybridized carbons (Fsp3) is 0.154. The molecule has 0 spiro atoms. The molecular formula is C13H10BrClOS. The van der Waals surface area contributed by atoms with Crippen molar-refractivity contribution in [2.24, 2.45) is 0 Å². The number of benzene rings is 1. The van der Waals surface area contributed by atoms with Crippen LogP contribution in [0, 0.1) is 0 Å². The van der Waals surface area contributed by atoms with Crippen molar-refractivity contribution >= 4 is 44.7 Å². The van der Waals surface area contributed by atoms with Gasteiger partial charge in [0.2, 0.25) is 0 Å². The average Bonchev–Trinajstić information content (AvgIpc) is 2.82. The molecule has 0 saturated heterocycles. The Hall–Kier alpha value is -0.640. The molecule has 1 nitrogen and oxygen atoms in total. The van der Waals surface area contributed by atoms with E-state index in [1.165, 1.54) is 4.88 Å². The molecule has 0 bridgehead atoms. The molecule has 1 aromatic heterocycles. The minimum atomic E-state index is 0.118. The van der Waals surface area contributed by atoms with Crippen LogP contribution in [0.2, 0.25) is 5.02 Å². The van der Waals surface area contributed by atoms with Crippen LogP contribution in [0.15, 0.2) is 40.2 Å². The van der Waals surface area contributed by atoms with Crippen molar-refractivity contribution in [3.8, 4) is 0 Å². The lowest BCUT2D eigenvalue weighted by atomic mass is 10.1. The second kappa shape index (κ2) is 5.80. The Balaban J connectivity index is 2.07. The number of Topliss-reactive ketones (excluding diaryl/α,β-unsaturated/α-hetero) is 1. The van der Waals surface area contributed by atoms with Gasteiger partial charge in [-0.25, -0.2) is 0 Å². The molecule has 2 aromatic rings. The smallest absolute Gasteiger partial charge is 0.164 e. The molecule has 1 heterocycles. The number of halogens is 2. The van der Waals surface area contributed by atoms with Gasteiger partial charge in [0.25, 0.3) is 0 Å². The van der Waals surface area contributed by atoms with Gasteiger partial charge in [0.15, 0.2) is 5.78 Å². The van der Waals surface area contributed by atoms with E-state index in [2.05, 4.69) is 15.9 Å². The summed E-state index contributed by atoms with van der Waals surface area (Å²) in [5, 5.41) is 2.61. The standard InChI is InChI=1S/C13H10BrClOS/c14-12-5-3-9(15)8-11(12)13(16)6-4-10-2-1-7-17-10/h1-3,5,7-8H,4,6H2. The molecule has 0 aliphatic rings. The fourth-order valence-corrected chi connectivity index (χ4v) is 2.89. The maximum Gasteiger partial charge on any atom is 0.164 e. The molecule has 88 valence electrons. The molecule has 0 fully saturated rings. The van der Waals surface area contributed by atoms with Crippen LogP contribution in [0.25, 0.3) is 0 Å². The molecule has 0 aliphatic carbocycles. The normalized spacial score (nSPS) is 10.5. The highest BCUT2D eigenvalue weighted by Crippen LogP contribution is 2.23. The van der Waals surface area contributed by atoms with Crippen molar-refractivity contribution < 1.29 is 4.79 Å². The van der Waals surface area contributed by atoms with Gasteiger partial charge in [0, 0.05) is 26.4 Å². The third kappa shape index (κ3) is 3.41. The lowest BCUT2D eigenvalue weighted by molar-refractivity contribution is 0.0982. The molecule has 0 radical (unpaired) electrons. The number of hydrogen-bond acceptors (Lipinski definition) is 2. The van der Waals surface area contributed by atoms with Crippen LogP contribution in [0.5, 0.6) is 0 Å². The number of carbonyl (C=O) groups excluding carboxylic acids is 1. The summed E-state index contributed by atoms with van der Waals surface area (Å²) in [6.07, 6.45) is 1.30. The van der Waals surface area contributed by atoms with Gasteiger partial charge in [-0.05, 0) is 36.1 Å². The second-order valence-electron chi connectivity index (χ2n) is 3.63. The predicted molar refractivity (Wildman–Crippen MR) is 76.1 cm³/mol. The van der Waals surface area contributed by atoms with Crippen molar-refractivity contribution in [3.63, 3.8) is 0 Å².